The van der Waals surface area contributed by atoms with E-state index in [0.717, 1.165) is 9.79 Å². The molecule has 0 saturated heterocycles. The third-order valence-electron chi connectivity index (χ3n) is 1.17. The van der Waals surface area contributed by atoms with E-state index in [2.05, 4.69) is 12.6 Å². The monoisotopic (exact) mass is 196 g/mol. The molecule has 0 aliphatic heterocycles. The Kier molecular flexibility index (Phi) is 5.95. The van der Waals surface area contributed by atoms with Crippen LogP contribution in [-0.2, 0) is 11.2 Å². The van der Waals surface area contributed by atoms with Crippen molar-refractivity contribution < 1.29 is 4.55 Å². The van der Waals surface area contributed by atoms with Gasteiger partial charge in [-0.25, -0.2) is 0 Å². The van der Waals surface area contributed by atoms with Gasteiger partial charge in [-0.3, -0.25) is 0 Å². The van der Waals surface area contributed by atoms with E-state index in [-0.39, 0.29) is 29.6 Å². The molecule has 0 aliphatic rings. The molecule has 1 rings (SSSR count). The van der Waals surface area contributed by atoms with Gasteiger partial charge in [0.2, 0.25) is 0 Å². The summed E-state index contributed by atoms with van der Waals surface area (Å²) in [7, 11) is 0. The Morgan fingerprint density at radius 1 is 1.36 bits per heavy atom. The standard InChI is InChI=1S/C7H8OS2.Na.H/c1-10(8)7-5-3-2-4-6(7)9;;/h2-5,9H,1H3;;. The molecule has 11 heavy (non-hydrogen) atoms. The van der Waals surface area contributed by atoms with Crippen molar-refractivity contribution in [3.63, 3.8) is 0 Å². The van der Waals surface area contributed by atoms with Crippen LogP contribution in [-0.4, -0.2) is 40.4 Å². The Morgan fingerprint density at radius 3 is 2.27 bits per heavy atom. The van der Waals surface area contributed by atoms with E-state index in [1.54, 1.807) is 6.26 Å². The quantitative estimate of drug-likeness (QED) is 0.405. The second kappa shape index (κ2) is 5.51. The maximum atomic E-state index is 10.9. The van der Waals surface area contributed by atoms with Crippen molar-refractivity contribution in [2.24, 2.45) is 0 Å². The number of thiol groups is 1. The van der Waals surface area contributed by atoms with Crippen LogP contribution in [0.2, 0.25) is 0 Å². The molecule has 0 N–H and O–H groups in total. The molecule has 1 atom stereocenters. The fourth-order valence-electron chi connectivity index (χ4n) is 0.700. The number of hydrogen-bond donors (Lipinski definition) is 1. The van der Waals surface area contributed by atoms with Crippen LogP contribution in [0.1, 0.15) is 0 Å². The first kappa shape index (κ1) is 11.9. The predicted molar refractivity (Wildman–Crippen MR) is 53.2 cm³/mol. The van der Waals surface area contributed by atoms with E-state index >= 15 is 0 Å². The first-order valence-electron chi connectivity index (χ1n) is 2.83. The van der Waals surface area contributed by atoms with E-state index in [9.17, 15) is 4.55 Å². The van der Waals surface area contributed by atoms with E-state index < -0.39 is 11.2 Å². The SMILES string of the molecule is C[S+]([O-])c1ccccc1S.[NaH]. The van der Waals surface area contributed by atoms with E-state index in [1.807, 2.05) is 24.3 Å². The zero-order valence-electron chi connectivity index (χ0n) is 5.57. The predicted octanol–water partition coefficient (Wildman–Crippen LogP) is 1.06. The van der Waals surface area contributed by atoms with Crippen LogP contribution in [0.4, 0.5) is 0 Å². The van der Waals surface area contributed by atoms with Gasteiger partial charge in [0, 0.05) is 0 Å². The van der Waals surface area contributed by atoms with Gasteiger partial charge in [-0.1, -0.05) is 12.1 Å². The van der Waals surface area contributed by atoms with Crippen molar-refractivity contribution >= 4 is 53.4 Å². The molecule has 0 aromatic heterocycles. The molecular formula is C7H9NaOS2. The van der Waals surface area contributed by atoms with Crippen LogP contribution >= 0.6 is 12.6 Å². The summed E-state index contributed by atoms with van der Waals surface area (Å²) < 4.78 is 10.9. The Labute approximate surface area is 97.5 Å². The summed E-state index contributed by atoms with van der Waals surface area (Å²) in [5, 5.41) is 0. The molecule has 0 saturated carbocycles. The van der Waals surface area contributed by atoms with Crippen molar-refractivity contribution in [3.8, 4) is 0 Å². The molecule has 1 unspecified atom stereocenters. The molecule has 56 valence electrons. The zero-order valence-corrected chi connectivity index (χ0v) is 7.28. The second-order valence-electron chi connectivity index (χ2n) is 1.92. The molecule has 0 fully saturated rings. The molecule has 0 heterocycles. The summed E-state index contributed by atoms with van der Waals surface area (Å²) in [5.41, 5.74) is 0. The van der Waals surface area contributed by atoms with Crippen molar-refractivity contribution in [1.29, 1.82) is 0 Å². The van der Waals surface area contributed by atoms with Crippen molar-refractivity contribution in [1.82, 2.24) is 0 Å². The molecule has 1 nitrogen and oxygen atoms in total. The van der Waals surface area contributed by atoms with Gasteiger partial charge in [-0.05, 0) is 23.3 Å². The molecule has 0 aliphatic carbocycles. The molecule has 0 bridgehead atoms. The third-order valence-corrected chi connectivity index (χ3v) is 2.69. The fourth-order valence-corrected chi connectivity index (χ4v) is 1.88. The van der Waals surface area contributed by atoms with Gasteiger partial charge in [-0.15, -0.1) is 12.6 Å². The van der Waals surface area contributed by atoms with Gasteiger partial charge in [0.05, 0.1) is 4.90 Å². The van der Waals surface area contributed by atoms with Crippen molar-refractivity contribution in [3.05, 3.63) is 24.3 Å². The average molecular weight is 196 g/mol. The van der Waals surface area contributed by atoms with E-state index in [1.165, 1.54) is 0 Å². The second-order valence-corrected chi connectivity index (χ2v) is 3.75. The first-order chi connectivity index (χ1) is 4.72. The summed E-state index contributed by atoms with van der Waals surface area (Å²) in [6.07, 6.45) is 1.65. The van der Waals surface area contributed by atoms with E-state index in [4.69, 9.17) is 0 Å². The summed E-state index contributed by atoms with van der Waals surface area (Å²) in [6.45, 7) is 0. The minimum atomic E-state index is -0.917. The Hall–Kier alpha value is 0.880. The maximum absolute atomic E-state index is 10.9. The average Bonchev–Trinajstić information content (AvgIpc) is 1.88. The van der Waals surface area contributed by atoms with Crippen LogP contribution in [0, 0.1) is 0 Å². The van der Waals surface area contributed by atoms with Crippen LogP contribution in [0.15, 0.2) is 34.1 Å². The van der Waals surface area contributed by atoms with Gasteiger partial charge in [0.25, 0.3) is 0 Å². The zero-order chi connectivity index (χ0) is 7.56. The van der Waals surface area contributed by atoms with Crippen LogP contribution in [0.3, 0.4) is 0 Å². The fraction of sp³-hybridized carbons (Fsp3) is 0.143. The summed E-state index contributed by atoms with van der Waals surface area (Å²) in [6, 6.07) is 7.38. The number of benzene rings is 1. The summed E-state index contributed by atoms with van der Waals surface area (Å²) >= 11 is 3.23. The topological polar surface area (TPSA) is 23.1 Å². The molecule has 0 amide bonds. The Bertz CT molecular complexity index is 227. The minimum absolute atomic E-state index is 0. The molecule has 0 radical (unpaired) electrons. The molecular weight excluding hydrogens is 187 g/mol. The molecule has 4 heteroatoms. The summed E-state index contributed by atoms with van der Waals surface area (Å²) in [5.74, 6) is 0. The number of rotatable bonds is 1. The Morgan fingerprint density at radius 2 is 1.91 bits per heavy atom. The first-order valence-corrected chi connectivity index (χ1v) is 4.84. The Balaban J connectivity index is 0.000001000. The molecule has 0 spiro atoms. The summed E-state index contributed by atoms with van der Waals surface area (Å²) in [4.78, 5) is 1.59. The molecule has 1 aromatic carbocycles. The van der Waals surface area contributed by atoms with Gasteiger partial charge in [0.15, 0.2) is 4.90 Å². The van der Waals surface area contributed by atoms with E-state index in [0.29, 0.717) is 0 Å². The van der Waals surface area contributed by atoms with Gasteiger partial charge in [0.1, 0.15) is 6.26 Å². The van der Waals surface area contributed by atoms with Crippen molar-refractivity contribution in [2.75, 3.05) is 6.26 Å². The van der Waals surface area contributed by atoms with Gasteiger partial charge >= 0.3 is 29.6 Å². The van der Waals surface area contributed by atoms with Gasteiger partial charge in [-0.2, -0.15) is 0 Å². The van der Waals surface area contributed by atoms with Crippen LogP contribution < -0.4 is 0 Å². The third kappa shape index (κ3) is 3.40. The van der Waals surface area contributed by atoms with Crippen LogP contribution in [0.5, 0.6) is 0 Å². The van der Waals surface area contributed by atoms with Gasteiger partial charge < -0.3 is 4.55 Å². The van der Waals surface area contributed by atoms with Crippen molar-refractivity contribution in [2.45, 2.75) is 9.79 Å². The van der Waals surface area contributed by atoms with Crippen LogP contribution in [0.25, 0.3) is 0 Å². The molecule has 1 aromatic rings. The normalized spacial score (nSPS) is 11.9. The number of hydrogen-bond acceptors (Lipinski definition) is 2.